The first-order valence-electron chi connectivity index (χ1n) is 5.35. The van der Waals surface area contributed by atoms with Crippen LogP contribution >= 0.6 is 71.0 Å². The molecule has 0 spiro atoms. The lowest BCUT2D eigenvalue weighted by molar-refractivity contribution is 1.42. The van der Waals surface area contributed by atoms with Crippen LogP contribution in [-0.4, -0.2) is 0 Å². The first-order valence-corrected chi connectivity index (χ1v) is 8.82. The van der Waals surface area contributed by atoms with Crippen molar-refractivity contribution in [2.45, 2.75) is 12.3 Å². The highest BCUT2D eigenvalue weighted by Crippen LogP contribution is 2.22. The van der Waals surface area contributed by atoms with Gasteiger partial charge in [0.25, 0.3) is 0 Å². The van der Waals surface area contributed by atoms with Crippen LogP contribution in [-0.2, 0) is 5.33 Å². The highest BCUT2D eigenvalue weighted by molar-refractivity contribution is 9.10. The van der Waals surface area contributed by atoms with Crippen molar-refractivity contribution < 1.29 is 0 Å². The largest absolute Gasteiger partial charge is 0.0876 e. The van der Waals surface area contributed by atoms with Gasteiger partial charge in [-0.15, -0.1) is 0 Å². The van der Waals surface area contributed by atoms with Crippen molar-refractivity contribution in [3.05, 3.63) is 66.5 Å². The molecule has 2 rings (SSSR count). The molecule has 0 nitrogen and oxygen atoms in total. The summed E-state index contributed by atoms with van der Waals surface area (Å²) in [5.41, 5.74) is 2.23. The van der Waals surface area contributed by atoms with Crippen LogP contribution in [0.4, 0.5) is 0 Å². The first kappa shape index (κ1) is 17.5. The molecule has 2 aromatic rings. The molecule has 0 amide bonds. The van der Waals surface area contributed by atoms with Gasteiger partial charge in [-0.25, -0.2) is 0 Å². The number of benzene rings is 2. The van der Waals surface area contributed by atoms with E-state index in [9.17, 15) is 0 Å². The zero-order chi connectivity index (χ0) is 14.4. The zero-order valence-electron chi connectivity index (χ0n) is 10.1. The van der Waals surface area contributed by atoms with E-state index in [4.69, 9.17) is 23.2 Å². The van der Waals surface area contributed by atoms with Gasteiger partial charge in [0.1, 0.15) is 0 Å². The van der Waals surface area contributed by atoms with E-state index in [0.29, 0.717) is 0 Å². The van der Waals surface area contributed by atoms with E-state index < -0.39 is 0 Å². The Kier molecular flexibility index (Phi) is 8.00. The number of rotatable bonds is 1. The molecule has 0 saturated heterocycles. The molecule has 0 aliphatic carbocycles. The molecular formula is C14H11Br3Cl2. The van der Waals surface area contributed by atoms with Crippen molar-refractivity contribution >= 4 is 71.0 Å². The highest BCUT2D eigenvalue weighted by atomic mass is 79.9. The second kappa shape index (κ2) is 8.68. The SMILES string of the molecule is Cc1ccc(Br)cc1Cl.Clc1cc(Br)ccc1CBr. The van der Waals surface area contributed by atoms with E-state index in [1.165, 1.54) is 0 Å². The lowest BCUT2D eigenvalue weighted by atomic mass is 10.2. The number of hydrogen-bond acceptors (Lipinski definition) is 0. The molecule has 0 aliphatic heterocycles. The van der Waals surface area contributed by atoms with Gasteiger partial charge in [-0.2, -0.15) is 0 Å². The second-order valence-electron chi connectivity index (χ2n) is 3.76. The number of hydrogen-bond donors (Lipinski definition) is 0. The molecule has 0 aromatic heterocycles. The van der Waals surface area contributed by atoms with Gasteiger partial charge in [-0.3, -0.25) is 0 Å². The molecule has 19 heavy (non-hydrogen) atoms. The Morgan fingerprint density at radius 1 is 0.895 bits per heavy atom. The van der Waals surface area contributed by atoms with Crippen molar-refractivity contribution in [3.63, 3.8) is 0 Å². The van der Waals surface area contributed by atoms with Crippen molar-refractivity contribution in [2.75, 3.05) is 0 Å². The second-order valence-corrected chi connectivity index (χ2v) is 6.97. The Morgan fingerprint density at radius 2 is 1.42 bits per heavy atom. The molecule has 0 unspecified atom stereocenters. The summed E-state index contributed by atoms with van der Waals surface area (Å²) < 4.78 is 2.04. The maximum atomic E-state index is 5.87. The molecule has 0 radical (unpaired) electrons. The van der Waals surface area contributed by atoms with Crippen molar-refractivity contribution in [2.24, 2.45) is 0 Å². The highest BCUT2D eigenvalue weighted by Gasteiger charge is 1.97. The van der Waals surface area contributed by atoms with E-state index in [1.54, 1.807) is 0 Å². The molecule has 0 bridgehead atoms. The fraction of sp³-hybridized carbons (Fsp3) is 0.143. The number of alkyl halides is 1. The minimum atomic E-state index is 0.797. The Hall–Kier alpha value is 0.460. The van der Waals surface area contributed by atoms with Crippen LogP contribution in [0.2, 0.25) is 10.0 Å². The van der Waals surface area contributed by atoms with E-state index in [1.807, 2.05) is 43.3 Å². The molecule has 0 aliphatic rings. The summed E-state index contributed by atoms with van der Waals surface area (Å²) in [6.45, 7) is 1.98. The van der Waals surface area contributed by atoms with Crippen molar-refractivity contribution in [3.8, 4) is 0 Å². The Morgan fingerprint density at radius 3 is 1.84 bits per heavy atom. The number of halogens is 5. The van der Waals surface area contributed by atoms with Gasteiger partial charge in [0.15, 0.2) is 0 Å². The van der Waals surface area contributed by atoms with E-state index in [2.05, 4.69) is 47.8 Å². The van der Waals surface area contributed by atoms with Crippen LogP contribution in [0.3, 0.4) is 0 Å². The fourth-order valence-corrected chi connectivity index (χ4v) is 3.26. The summed E-state index contributed by atoms with van der Waals surface area (Å²) >= 11 is 21.6. The van der Waals surface area contributed by atoms with Crippen molar-refractivity contribution in [1.82, 2.24) is 0 Å². The van der Waals surface area contributed by atoms with E-state index >= 15 is 0 Å². The fourth-order valence-electron chi connectivity index (χ4n) is 1.20. The van der Waals surface area contributed by atoms with E-state index in [0.717, 1.165) is 35.4 Å². The molecule has 0 N–H and O–H groups in total. The molecular weight excluding hydrogens is 479 g/mol. The molecule has 0 heterocycles. The van der Waals surface area contributed by atoms with Crippen LogP contribution in [0.1, 0.15) is 11.1 Å². The molecule has 2 aromatic carbocycles. The molecule has 5 heteroatoms. The van der Waals surface area contributed by atoms with Gasteiger partial charge < -0.3 is 0 Å². The molecule has 0 fully saturated rings. The van der Waals surface area contributed by atoms with E-state index in [-0.39, 0.29) is 0 Å². The average molecular weight is 490 g/mol. The summed E-state index contributed by atoms with van der Waals surface area (Å²) in [5, 5.41) is 2.41. The number of aryl methyl sites for hydroxylation is 1. The lowest BCUT2D eigenvalue weighted by Crippen LogP contribution is -1.77. The third-order valence-electron chi connectivity index (χ3n) is 2.29. The standard InChI is InChI=1S/C7H5Br2Cl.C7H6BrCl/c8-4-5-1-2-6(9)3-7(5)10;1-5-2-3-6(8)4-7(5)9/h1-3H,4H2;2-4H,1H3. The third-order valence-corrected chi connectivity index (χ3v) is 4.64. The normalized spacial score (nSPS) is 9.79. The average Bonchev–Trinajstić information content (AvgIpc) is 2.35. The van der Waals surface area contributed by atoms with Crippen LogP contribution in [0.5, 0.6) is 0 Å². The summed E-state index contributed by atoms with van der Waals surface area (Å²) in [5.74, 6) is 0. The van der Waals surface area contributed by atoms with Crippen LogP contribution in [0.15, 0.2) is 45.3 Å². The maximum Gasteiger partial charge on any atom is 0.0457 e. The van der Waals surface area contributed by atoms with Gasteiger partial charge in [-0.05, 0) is 42.3 Å². The van der Waals surface area contributed by atoms with Gasteiger partial charge in [-0.1, -0.05) is 83.1 Å². The van der Waals surface area contributed by atoms with Gasteiger partial charge >= 0.3 is 0 Å². The van der Waals surface area contributed by atoms with Gasteiger partial charge in [0, 0.05) is 24.3 Å². The quantitative estimate of drug-likeness (QED) is 0.366. The summed E-state index contributed by atoms with van der Waals surface area (Å²) in [7, 11) is 0. The van der Waals surface area contributed by atoms with Crippen LogP contribution in [0.25, 0.3) is 0 Å². The van der Waals surface area contributed by atoms with Crippen molar-refractivity contribution in [1.29, 1.82) is 0 Å². The predicted octanol–water partition coefficient (Wildman–Crippen LogP) is 7.41. The topological polar surface area (TPSA) is 0 Å². The molecule has 0 saturated carbocycles. The Balaban J connectivity index is 0.000000191. The van der Waals surface area contributed by atoms with Crippen LogP contribution < -0.4 is 0 Å². The molecule has 102 valence electrons. The van der Waals surface area contributed by atoms with Gasteiger partial charge in [0.2, 0.25) is 0 Å². The third kappa shape index (κ3) is 6.17. The van der Waals surface area contributed by atoms with Gasteiger partial charge in [0.05, 0.1) is 0 Å². The smallest absolute Gasteiger partial charge is 0.0457 e. The summed E-state index contributed by atoms with van der Waals surface area (Å²) in [6, 6.07) is 11.7. The first-order chi connectivity index (χ1) is 8.93. The zero-order valence-corrected chi connectivity index (χ0v) is 16.3. The Bertz CT molecular complexity index is 556. The minimum absolute atomic E-state index is 0.797. The Labute approximate surface area is 148 Å². The monoisotopic (exact) mass is 486 g/mol. The summed E-state index contributed by atoms with van der Waals surface area (Å²) in [4.78, 5) is 0. The minimum Gasteiger partial charge on any atom is -0.0876 e. The van der Waals surface area contributed by atoms with Crippen LogP contribution in [0, 0.1) is 6.92 Å². The summed E-state index contributed by atoms with van der Waals surface area (Å²) in [6.07, 6.45) is 0. The lowest BCUT2D eigenvalue weighted by Gasteiger charge is -1.98. The molecule has 0 atom stereocenters. The predicted molar refractivity (Wildman–Crippen MR) is 95.7 cm³/mol. The maximum absolute atomic E-state index is 5.87.